The van der Waals surface area contributed by atoms with Crippen LogP contribution in [0.4, 0.5) is 0 Å². The monoisotopic (exact) mass is 252 g/mol. The summed E-state index contributed by atoms with van der Waals surface area (Å²) in [6.07, 6.45) is 3.55. The largest absolute Gasteiger partial charge is 0.341 e. The Morgan fingerprint density at radius 3 is 2.44 bits per heavy atom. The molecule has 0 aromatic rings. The van der Waals surface area contributed by atoms with Crippen molar-refractivity contribution in [3.05, 3.63) is 0 Å². The Labute approximate surface area is 109 Å². The zero-order valence-electron chi connectivity index (χ0n) is 11.5. The molecule has 2 rings (SSSR count). The summed E-state index contributed by atoms with van der Waals surface area (Å²) in [6, 6.07) is 0.628. The molecule has 0 spiro atoms. The molecule has 102 valence electrons. The molecule has 2 aliphatic rings. The number of piperidine rings is 1. The second kappa shape index (κ2) is 5.83. The molecule has 1 heterocycles. The lowest BCUT2D eigenvalue weighted by atomic mass is 10.1. The number of hydrogen-bond donors (Lipinski definition) is 0. The van der Waals surface area contributed by atoms with E-state index in [-0.39, 0.29) is 5.91 Å². The smallest absolute Gasteiger partial charge is 0.236 e. The maximum absolute atomic E-state index is 12.2. The fraction of sp³-hybridized carbons (Fsp3) is 0.857. The number of ketones is 1. The molecule has 0 aromatic carbocycles. The molecule has 18 heavy (non-hydrogen) atoms. The molecule has 1 saturated carbocycles. The number of carbonyl (C=O) groups excluding carboxylic acids is 2. The van der Waals surface area contributed by atoms with Crippen LogP contribution in [0.3, 0.4) is 0 Å². The average molecular weight is 252 g/mol. The predicted octanol–water partition coefficient (Wildman–Crippen LogP) is 1.30. The molecule has 0 atom stereocenters. The van der Waals surface area contributed by atoms with Crippen molar-refractivity contribution in [2.24, 2.45) is 5.92 Å². The van der Waals surface area contributed by atoms with Crippen molar-refractivity contribution in [2.75, 3.05) is 26.2 Å². The molecule has 0 aromatic heterocycles. The van der Waals surface area contributed by atoms with E-state index >= 15 is 0 Å². The summed E-state index contributed by atoms with van der Waals surface area (Å²) in [7, 11) is 0. The van der Waals surface area contributed by atoms with Gasteiger partial charge in [0.15, 0.2) is 0 Å². The number of carbonyl (C=O) groups is 2. The molecule has 1 amide bonds. The lowest BCUT2D eigenvalue weighted by molar-refractivity contribution is -0.135. The highest BCUT2D eigenvalue weighted by atomic mass is 16.2. The number of nitrogens with zero attached hydrogens (tertiary/aromatic N) is 2. The predicted molar refractivity (Wildman–Crippen MR) is 70.3 cm³/mol. The average Bonchev–Trinajstić information content (AvgIpc) is 3.12. The van der Waals surface area contributed by atoms with E-state index in [1.807, 2.05) is 4.90 Å². The molecule has 1 saturated heterocycles. The molecule has 4 heteroatoms. The summed E-state index contributed by atoms with van der Waals surface area (Å²) in [5.74, 6) is 1.09. The van der Waals surface area contributed by atoms with Crippen molar-refractivity contribution in [2.45, 2.75) is 45.6 Å². The van der Waals surface area contributed by atoms with E-state index in [0.29, 0.717) is 50.2 Å². The lowest BCUT2D eigenvalue weighted by Crippen LogP contribution is -2.45. The van der Waals surface area contributed by atoms with Gasteiger partial charge in [0, 0.05) is 38.5 Å². The van der Waals surface area contributed by atoms with Crippen LogP contribution in [0.2, 0.25) is 0 Å². The molecule has 0 unspecified atom stereocenters. The minimum absolute atomic E-state index is 0.204. The van der Waals surface area contributed by atoms with Crippen LogP contribution in [0.15, 0.2) is 0 Å². The van der Waals surface area contributed by atoms with Gasteiger partial charge in [0.25, 0.3) is 0 Å². The minimum Gasteiger partial charge on any atom is -0.341 e. The number of Topliss-reactive ketones (excluding diaryl/α,β-unsaturated/α-hetero) is 1. The van der Waals surface area contributed by atoms with E-state index in [4.69, 9.17) is 0 Å². The number of amides is 1. The molecular weight excluding hydrogens is 228 g/mol. The van der Waals surface area contributed by atoms with Crippen LogP contribution >= 0.6 is 0 Å². The molecule has 2 fully saturated rings. The molecule has 4 nitrogen and oxygen atoms in total. The van der Waals surface area contributed by atoms with Gasteiger partial charge in [-0.3, -0.25) is 14.5 Å². The van der Waals surface area contributed by atoms with E-state index in [2.05, 4.69) is 18.7 Å². The summed E-state index contributed by atoms with van der Waals surface area (Å²) >= 11 is 0. The van der Waals surface area contributed by atoms with Crippen molar-refractivity contribution in [3.63, 3.8) is 0 Å². The summed E-state index contributed by atoms with van der Waals surface area (Å²) in [4.78, 5) is 27.6. The van der Waals surface area contributed by atoms with Gasteiger partial charge in [0.1, 0.15) is 5.78 Å². The van der Waals surface area contributed by atoms with Gasteiger partial charge in [-0.2, -0.15) is 0 Å². The molecule has 0 bridgehead atoms. The first kappa shape index (κ1) is 13.5. The van der Waals surface area contributed by atoms with E-state index in [9.17, 15) is 9.59 Å². The van der Waals surface area contributed by atoms with Crippen molar-refractivity contribution in [1.29, 1.82) is 0 Å². The Morgan fingerprint density at radius 2 is 1.94 bits per heavy atom. The third-order valence-electron chi connectivity index (χ3n) is 3.68. The Bertz CT molecular complexity index is 314. The highest BCUT2D eigenvalue weighted by Crippen LogP contribution is 2.27. The quantitative estimate of drug-likeness (QED) is 0.740. The van der Waals surface area contributed by atoms with Gasteiger partial charge in [-0.15, -0.1) is 0 Å². The highest BCUT2D eigenvalue weighted by molar-refractivity contribution is 5.84. The molecule has 0 N–H and O–H groups in total. The molecule has 1 aliphatic heterocycles. The Kier molecular flexibility index (Phi) is 4.38. The van der Waals surface area contributed by atoms with Crippen molar-refractivity contribution < 1.29 is 9.59 Å². The van der Waals surface area contributed by atoms with Crippen LogP contribution in [0.1, 0.15) is 39.5 Å². The molecule has 0 radical (unpaired) electrons. The topological polar surface area (TPSA) is 40.6 Å². The number of hydrogen-bond acceptors (Lipinski definition) is 3. The molecule has 1 aliphatic carbocycles. The number of rotatable bonds is 5. The first-order valence-electron chi connectivity index (χ1n) is 7.10. The fourth-order valence-electron chi connectivity index (χ4n) is 2.53. The Balaban J connectivity index is 1.82. The van der Waals surface area contributed by atoms with Crippen molar-refractivity contribution >= 4 is 11.7 Å². The van der Waals surface area contributed by atoms with Crippen LogP contribution < -0.4 is 0 Å². The second-order valence-electron chi connectivity index (χ2n) is 5.97. The van der Waals surface area contributed by atoms with E-state index in [1.54, 1.807) is 0 Å². The highest BCUT2D eigenvalue weighted by Gasteiger charge is 2.32. The maximum atomic E-state index is 12.2. The summed E-state index contributed by atoms with van der Waals surface area (Å²) in [5, 5.41) is 0. The van der Waals surface area contributed by atoms with Gasteiger partial charge in [0.05, 0.1) is 6.54 Å². The normalized spacial score (nSPS) is 20.9. The van der Waals surface area contributed by atoms with Crippen LogP contribution in [0, 0.1) is 5.92 Å². The third kappa shape index (κ3) is 3.80. The minimum atomic E-state index is 0.204. The van der Waals surface area contributed by atoms with Gasteiger partial charge in [-0.05, 0) is 18.8 Å². The van der Waals surface area contributed by atoms with Gasteiger partial charge in [0.2, 0.25) is 5.91 Å². The van der Waals surface area contributed by atoms with Gasteiger partial charge < -0.3 is 4.90 Å². The third-order valence-corrected chi connectivity index (χ3v) is 3.68. The first-order chi connectivity index (χ1) is 8.56. The van der Waals surface area contributed by atoms with Crippen LogP contribution in [0.5, 0.6) is 0 Å². The fourth-order valence-corrected chi connectivity index (χ4v) is 2.53. The van der Waals surface area contributed by atoms with Gasteiger partial charge in [-0.25, -0.2) is 0 Å². The Morgan fingerprint density at radius 1 is 1.33 bits per heavy atom. The van der Waals surface area contributed by atoms with Gasteiger partial charge >= 0.3 is 0 Å². The summed E-state index contributed by atoms with van der Waals surface area (Å²) < 4.78 is 0. The zero-order valence-corrected chi connectivity index (χ0v) is 11.5. The van der Waals surface area contributed by atoms with Crippen LogP contribution in [-0.4, -0.2) is 53.7 Å². The van der Waals surface area contributed by atoms with Crippen LogP contribution in [-0.2, 0) is 9.59 Å². The standard InChI is InChI=1S/C14H24N2O2/c1-11(2)9-16(12-3-4-12)10-14(18)15-7-5-13(17)6-8-15/h11-12H,3-10H2,1-2H3. The SMILES string of the molecule is CC(C)CN(CC(=O)N1CCC(=O)CC1)C1CC1. The molecular formula is C14H24N2O2. The van der Waals surface area contributed by atoms with E-state index in [1.165, 1.54) is 12.8 Å². The zero-order chi connectivity index (χ0) is 13.1. The Hall–Kier alpha value is -0.900. The van der Waals surface area contributed by atoms with Crippen molar-refractivity contribution in [1.82, 2.24) is 9.80 Å². The van der Waals surface area contributed by atoms with E-state index in [0.717, 1.165) is 6.54 Å². The summed E-state index contributed by atoms with van der Waals surface area (Å²) in [6.45, 7) is 7.18. The summed E-state index contributed by atoms with van der Waals surface area (Å²) in [5.41, 5.74) is 0. The lowest BCUT2D eigenvalue weighted by Gasteiger charge is -2.30. The van der Waals surface area contributed by atoms with Gasteiger partial charge in [-0.1, -0.05) is 13.8 Å². The first-order valence-corrected chi connectivity index (χ1v) is 7.10. The number of likely N-dealkylation sites (tertiary alicyclic amines) is 1. The maximum Gasteiger partial charge on any atom is 0.236 e. The van der Waals surface area contributed by atoms with Crippen LogP contribution in [0.25, 0.3) is 0 Å². The van der Waals surface area contributed by atoms with Crippen molar-refractivity contribution in [3.8, 4) is 0 Å². The second-order valence-corrected chi connectivity index (χ2v) is 5.97. The van der Waals surface area contributed by atoms with E-state index < -0.39 is 0 Å².